The first kappa shape index (κ1) is 12.4. The Balaban J connectivity index is 1.63. The van der Waals surface area contributed by atoms with Crippen molar-refractivity contribution in [2.45, 2.75) is 30.6 Å². The van der Waals surface area contributed by atoms with Crippen LogP contribution in [0.4, 0.5) is 0 Å². The molecule has 0 amide bonds. The van der Waals surface area contributed by atoms with E-state index in [4.69, 9.17) is 14.7 Å². The summed E-state index contributed by atoms with van der Waals surface area (Å²) in [4.78, 5) is 4.76. The van der Waals surface area contributed by atoms with Gasteiger partial charge in [0.1, 0.15) is 0 Å². The Bertz CT molecular complexity index is 344. The summed E-state index contributed by atoms with van der Waals surface area (Å²) >= 11 is 0. The van der Waals surface area contributed by atoms with Crippen LogP contribution in [0.15, 0.2) is 0 Å². The van der Waals surface area contributed by atoms with E-state index in [1.807, 2.05) is 0 Å². The van der Waals surface area contributed by atoms with Crippen molar-refractivity contribution in [3.8, 4) is 6.07 Å². The highest BCUT2D eigenvalue weighted by atomic mass is 16.7. The fourth-order valence-electron chi connectivity index (χ4n) is 3.64. The van der Waals surface area contributed by atoms with Gasteiger partial charge in [0.15, 0.2) is 5.79 Å². The Kier molecular flexibility index (Phi) is 3.07. The molecule has 0 radical (unpaired) electrons. The molecule has 0 aliphatic carbocycles. The highest BCUT2D eigenvalue weighted by Crippen LogP contribution is 2.37. The molecule has 0 atom stereocenters. The van der Waals surface area contributed by atoms with Crippen LogP contribution in [0.5, 0.6) is 0 Å². The molecule has 0 N–H and O–H groups in total. The van der Waals surface area contributed by atoms with Crippen molar-refractivity contribution in [1.29, 1.82) is 5.26 Å². The molecule has 3 saturated heterocycles. The molecule has 5 heteroatoms. The lowest BCUT2D eigenvalue weighted by Gasteiger charge is -2.56. The molecular weight excluding hydrogens is 230 g/mol. The maximum absolute atomic E-state index is 9.04. The number of piperidine rings is 1. The van der Waals surface area contributed by atoms with Crippen molar-refractivity contribution < 1.29 is 9.47 Å². The highest BCUT2D eigenvalue weighted by molar-refractivity contribution is 5.08. The lowest BCUT2D eigenvalue weighted by Crippen LogP contribution is -2.70. The standard InChI is InChI=1S/C13H21N3O2/c1-15-10-12(11-15,2-5-14)16-6-3-13(4-7-16)17-8-9-18-13/h2-4,6-11H2,1H3. The van der Waals surface area contributed by atoms with Crippen molar-refractivity contribution in [3.05, 3.63) is 0 Å². The minimum atomic E-state index is -0.306. The number of likely N-dealkylation sites (N-methyl/N-ethyl adjacent to an activating group) is 1. The van der Waals surface area contributed by atoms with Crippen LogP contribution < -0.4 is 0 Å². The third kappa shape index (κ3) is 1.94. The quantitative estimate of drug-likeness (QED) is 0.712. The molecule has 0 bridgehead atoms. The fourth-order valence-corrected chi connectivity index (χ4v) is 3.64. The van der Waals surface area contributed by atoms with E-state index in [1.165, 1.54) is 0 Å². The van der Waals surface area contributed by atoms with E-state index in [0.717, 1.165) is 52.2 Å². The van der Waals surface area contributed by atoms with Gasteiger partial charge < -0.3 is 14.4 Å². The van der Waals surface area contributed by atoms with Crippen molar-refractivity contribution in [1.82, 2.24) is 9.80 Å². The lowest BCUT2D eigenvalue weighted by atomic mass is 9.83. The summed E-state index contributed by atoms with van der Waals surface area (Å²) < 4.78 is 11.5. The molecule has 3 heterocycles. The van der Waals surface area contributed by atoms with Crippen molar-refractivity contribution in [2.24, 2.45) is 0 Å². The number of likely N-dealkylation sites (tertiary alicyclic amines) is 2. The summed E-state index contributed by atoms with van der Waals surface area (Å²) in [5.41, 5.74) is 0.0870. The van der Waals surface area contributed by atoms with Crippen LogP contribution in [0, 0.1) is 11.3 Å². The van der Waals surface area contributed by atoms with Crippen LogP contribution in [-0.2, 0) is 9.47 Å². The predicted octanol–water partition coefficient (Wildman–Crippen LogP) is 0.423. The minimum Gasteiger partial charge on any atom is -0.347 e. The zero-order valence-corrected chi connectivity index (χ0v) is 11.0. The maximum Gasteiger partial charge on any atom is 0.170 e. The minimum absolute atomic E-state index is 0.0870. The van der Waals surface area contributed by atoms with Crippen LogP contribution in [0.2, 0.25) is 0 Å². The molecule has 1 spiro atoms. The van der Waals surface area contributed by atoms with E-state index in [9.17, 15) is 0 Å². The molecule has 3 rings (SSSR count). The van der Waals surface area contributed by atoms with Crippen LogP contribution in [0.1, 0.15) is 19.3 Å². The summed E-state index contributed by atoms with van der Waals surface area (Å²) in [7, 11) is 2.12. The molecule has 0 unspecified atom stereocenters. The molecule has 0 saturated carbocycles. The summed E-state index contributed by atoms with van der Waals surface area (Å²) in [5.74, 6) is -0.306. The van der Waals surface area contributed by atoms with Gasteiger partial charge in [0.25, 0.3) is 0 Å². The molecular formula is C13H21N3O2. The van der Waals surface area contributed by atoms with Gasteiger partial charge in [-0.15, -0.1) is 0 Å². The van der Waals surface area contributed by atoms with Gasteiger partial charge in [0, 0.05) is 39.0 Å². The highest BCUT2D eigenvalue weighted by Gasteiger charge is 2.50. The molecule has 18 heavy (non-hydrogen) atoms. The van der Waals surface area contributed by atoms with E-state index < -0.39 is 0 Å². The number of rotatable bonds is 2. The number of nitrogens with zero attached hydrogens (tertiary/aromatic N) is 3. The Morgan fingerprint density at radius 1 is 1.17 bits per heavy atom. The molecule has 3 aliphatic heterocycles. The molecule has 0 aromatic carbocycles. The molecule has 0 aromatic rings. The molecule has 5 nitrogen and oxygen atoms in total. The number of nitriles is 1. The zero-order valence-electron chi connectivity index (χ0n) is 11.0. The summed E-state index contributed by atoms with van der Waals surface area (Å²) in [6, 6.07) is 2.36. The third-order valence-electron chi connectivity index (χ3n) is 4.55. The van der Waals surface area contributed by atoms with Crippen molar-refractivity contribution in [2.75, 3.05) is 46.4 Å². The van der Waals surface area contributed by atoms with Crippen LogP contribution in [-0.4, -0.2) is 67.6 Å². The van der Waals surface area contributed by atoms with Crippen LogP contribution >= 0.6 is 0 Å². The van der Waals surface area contributed by atoms with Crippen LogP contribution in [0.25, 0.3) is 0 Å². The number of hydrogen-bond acceptors (Lipinski definition) is 5. The SMILES string of the molecule is CN1CC(CC#N)(N2CCC3(CC2)OCCO3)C1. The first-order valence-corrected chi connectivity index (χ1v) is 6.77. The second kappa shape index (κ2) is 4.46. The molecule has 100 valence electrons. The monoisotopic (exact) mass is 251 g/mol. The van der Waals surface area contributed by atoms with Gasteiger partial charge in [-0.2, -0.15) is 5.26 Å². The van der Waals surface area contributed by atoms with E-state index in [1.54, 1.807) is 0 Å². The van der Waals surface area contributed by atoms with Gasteiger partial charge in [0.05, 0.1) is 31.2 Å². The normalized spacial score (nSPS) is 31.1. The number of ether oxygens (including phenoxy) is 2. The third-order valence-corrected chi connectivity index (χ3v) is 4.55. The Labute approximate surface area is 108 Å². The maximum atomic E-state index is 9.04. The lowest BCUT2D eigenvalue weighted by molar-refractivity contribution is -0.199. The van der Waals surface area contributed by atoms with Gasteiger partial charge >= 0.3 is 0 Å². The smallest absolute Gasteiger partial charge is 0.170 e. The van der Waals surface area contributed by atoms with Gasteiger partial charge in [-0.3, -0.25) is 4.90 Å². The number of hydrogen-bond donors (Lipinski definition) is 0. The second-order valence-corrected chi connectivity index (χ2v) is 5.83. The summed E-state index contributed by atoms with van der Waals surface area (Å²) in [6.45, 7) is 5.44. The summed E-state index contributed by atoms with van der Waals surface area (Å²) in [5, 5.41) is 9.04. The average molecular weight is 251 g/mol. The Morgan fingerprint density at radius 3 is 2.28 bits per heavy atom. The largest absolute Gasteiger partial charge is 0.347 e. The second-order valence-electron chi connectivity index (χ2n) is 5.83. The van der Waals surface area contributed by atoms with Crippen molar-refractivity contribution >= 4 is 0 Å². The van der Waals surface area contributed by atoms with Gasteiger partial charge in [0.2, 0.25) is 0 Å². The van der Waals surface area contributed by atoms with Gasteiger partial charge in [-0.1, -0.05) is 0 Å². The predicted molar refractivity (Wildman–Crippen MR) is 65.9 cm³/mol. The average Bonchev–Trinajstić information content (AvgIpc) is 2.76. The van der Waals surface area contributed by atoms with Crippen LogP contribution in [0.3, 0.4) is 0 Å². The zero-order chi connectivity index (χ0) is 12.6. The van der Waals surface area contributed by atoms with Gasteiger partial charge in [-0.05, 0) is 7.05 Å². The van der Waals surface area contributed by atoms with E-state index in [0.29, 0.717) is 6.42 Å². The topological polar surface area (TPSA) is 48.7 Å². The molecule has 3 aliphatic rings. The fraction of sp³-hybridized carbons (Fsp3) is 0.923. The van der Waals surface area contributed by atoms with Gasteiger partial charge in [-0.25, -0.2) is 0 Å². The van der Waals surface area contributed by atoms with E-state index >= 15 is 0 Å². The first-order valence-electron chi connectivity index (χ1n) is 6.77. The summed E-state index contributed by atoms with van der Waals surface area (Å²) in [6.07, 6.45) is 2.50. The molecule has 3 fully saturated rings. The Morgan fingerprint density at radius 2 is 1.78 bits per heavy atom. The molecule has 0 aromatic heterocycles. The van der Waals surface area contributed by atoms with E-state index in [2.05, 4.69) is 22.9 Å². The Hall–Kier alpha value is -0.670. The van der Waals surface area contributed by atoms with Crippen molar-refractivity contribution in [3.63, 3.8) is 0 Å². The first-order chi connectivity index (χ1) is 8.68. The van der Waals surface area contributed by atoms with E-state index in [-0.39, 0.29) is 11.3 Å².